The summed E-state index contributed by atoms with van der Waals surface area (Å²) in [6.45, 7) is 0. The van der Waals surface area contributed by atoms with Crippen molar-refractivity contribution in [3.8, 4) is 11.8 Å². The van der Waals surface area contributed by atoms with Gasteiger partial charge in [-0.2, -0.15) is 5.26 Å². The second kappa shape index (κ2) is 4.17. The van der Waals surface area contributed by atoms with Crippen LogP contribution < -0.4 is 0 Å². The quantitative estimate of drug-likeness (QED) is 0.665. The van der Waals surface area contributed by atoms with Crippen molar-refractivity contribution in [2.24, 2.45) is 0 Å². The number of benzene rings is 1. The highest BCUT2D eigenvalue weighted by Gasteiger charge is 2.09. The van der Waals surface area contributed by atoms with Crippen molar-refractivity contribution in [2.75, 3.05) is 0 Å². The molecule has 0 spiro atoms. The average Bonchev–Trinajstić information content (AvgIpc) is 2.79. The van der Waals surface area contributed by atoms with Gasteiger partial charge in [0, 0.05) is 28.5 Å². The summed E-state index contributed by atoms with van der Waals surface area (Å²) < 4.78 is 1.89. The van der Waals surface area contributed by atoms with Gasteiger partial charge in [-0.3, -0.25) is 4.57 Å². The predicted octanol–water partition coefficient (Wildman–Crippen LogP) is 3.55. The van der Waals surface area contributed by atoms with Gasteiger partial charge in [-0.25, -0.2) is 4.98 Å². The molecule has 3 nitrogen and oxygen atoms in total. The van der Waals surface area contributed by atoms with Crippen LogP contribution in [0.4, 0.5) is 0 Å². The summed E-state index contributed by atoms with van der Waals surface area (Å²) in [7, 11) is 0. The molecule has 2 heterocycles. The Kier molecular flexibility index (Phi) is 2.51. The monoisotopic (exact) mass is 253 g/mol. The lowest BCUT2D eigenvalue weighted by atomic mass is 10.2. The average molecular weight is 254 g/mol. The first-order valence-corrected chi connectivity index (χ1v) is 5.79. The van der Waals surface area contributed by atoms with Crippen molar-refractivity contribution >= 4 is 22.6 Å². The molecule has 18 heavy (non-hydrogen) atoms. The SMILES string of the molecule is N#Cc1cn(-c2ccc(Cl)cc2)c2ncccc12. The minimum Gasteiger partial charge on any atom is -0.300 e. The molecule has 0 aliphatic carbocycles. The summed E-state index contributed by atoms with van der Waals surface area (Å²) >= 11 is 5.87. The fourth-order valence-electron chi connectivity index (χ4n) is 1.95. The lowest BCUT2D eigenvalue weighted by molar-refractivity contribution is 1.09. The number of hydrogen-bond donors (Lipinski definition) is 0. The van der Waals surface area contributed by atoms with E-state index < -0.39 is 0 Å². The molecule has 0 atom stereocenters. The number of pyridine rings is 1. The lowest BCUT2D eigenvalue weighted by Gasteiger charge is -2.03. The largest absolute Gasteiger partial charge is 0.300 e. The Labute approximate surface area is 109 Å². The maximum absolute atomic E-state index is 9.13. The van der Waals surface area contributed by atoms with Crippen molar-refractivity contribution in [1.29, 1.82) is 5.26 Å². The summed E-state index contributed by atoms with van der Waals surface area (Å²) in [6.07, 6.45) is 3.51. The second-order valence-electron chi connectivity index (χ2n) is 3.88. The van der Waals surface area contributed by atoms with Gasteiger partial charge in [-0.15, -0.1) is 0 Å². The highest BCUT2D eigenvalue weighted by Crippen LogP contribution is 2.23. The fraction of sp³-hybridized carbons (Fsp3) is 0. The summed E-state index contributed by atoms with van der Waals surface area (Å²) in [5.41, 5.74) is 2.33. The van der Waals surface area contributed by atoms with Gasteiger partial charge in [0.1, 0.15) is 11.7 Å². The molecular weight excluding hydrogens is 246 g/mol. The van der Waals surface area contributed by atoms with Crippen molar-refractivity contribution in [3.05, 3.63) is 59.4 Å². The molecule has 3 rings (SSSR count). The molecular formula is C14H8ClN3. The molecule has 0 radical (unpaired) electrons. The molecule has 1 aromatic carbocycles. The number of nitriles is 1. The van der Waals surface area contributed by atoms with Crippen molar-refractivity contribution in [1.82, 2.24) is 9.55 Å². The first-order valence-electron chi connectivity index (χ1n) is 5.42. The molecule has 0 unspecified atom stereocenters. The second-order valence-corrected chi connectivity index (χ2v) is 4.31. The summed E-state index contributed by atoms with van der Waals surface area (Å²) in [4.78, 5) is 4.33. The van der Waals surface area contributed by atoms with E-state index in [9.17, 15) is 0 Å². The normalized spacial score (nSPS) is 10.4. The Balaban J connectivity index is 2.30. The van der Waals surface area contributed by atoms with E-state index in [1.807, 2.05) is 41.0 Å². The van der Waals surface area contributed by atoms with Crippen molar-refractivity contribution in [2.45, 2.75) is 0 Å². The molecule has 0 aliphatic rings. The number of hydrogen-bond acceptors (Lipinski definition) is 2. The van der Waals surface area contributed by atoms with Crippen LogP contribution in [-0.4, -0.2) is 9.55 Å². The van der Waals surface area contributed by atoms with E-state index in [1.165, 1.54) is 0 Å². The number of rotatable bonds is 1. The van der Waals surface area contributed by atoms with Crippen LogP contribution in [0.15, 0.2) is 48.8 Å². The maximum atomic E-state index is 9.13. The van der Waals surface area contributed by atoms with E-state index in [0.29, 0.717) is 10.6 Å². The molecule has 0 fully saturated rings. The van der Waals surface area contributed by atoms with Gasteiger partial charge in [0.15, 0.2) is 0 Å². The topological polar surface area (TPSA) is 41.6 Å². The maximum Gasteiger partial charge on any atom is 0.145 e. The van der Waals surface area contributed by atoms with E-state index in [4.69, 9.17) is 16.9 Å². The zero-order chi connectivity index (χ0) is 12.5. The van der Waals surface area contributed by atoms with E-state index in [-0.39, 0.29) is 0 Å². The molecule has 86 valence electrons. The van der Waals surface area contributed by atoms with E-state index in [0.717, 1.165) is 16.7 Å². The molecule has 0 amide bonds. The third kappa shape index (κ3) is 1.64. The molecule has 0 bridgehead atoms. The third-order valence-corrected chi connectivity index (χ3v) is 3.04. The molecule has 0 N–H and O–H groups in total. The molecule has 2 aromatic heterocycles. The zero-order valence-electron chi connectivity index (χ0n) is 9.34. The van der Waals surface area contributed by atoms with Gasteiger partial charge in [0.25, 0.3) is 0 Å². The molecule has 3 aromatic rings. The van der Waals surface area contributed by atoms with Crippen LogP contribution >= 0.6 is 11.6 Å². The Hall–Kier alpha value is -2.31. The van der Waals surface area contributed by atoms with Crippen molar-refractivity contribution in [3.63, 3.8) is 0 Å². The van der Waals surface area contributed by atoms with Crippen LogP contribution in [0.5, 0.6) is 0 Å². The van der Waals surface area contributed by atoms with Gasteiger partial charge in [-0.1, -0.05) is 11.6 Å². The van der Waals surface area contributed by atoms with Crippen LogP contribution in [0.2, 0.25) is 5.02 Å². The Morgan fingerprint density at radius 2 is 1.94 bits per heavy atom. The van der Waals surface area contributed by atoms with E-state index >= 15 is 0 Å². The lowest BCUT2D eigenvalue weighted by Crippen LogP contribution is -1.92. The number of nitrogens with zero attached hydrogens (tertiary/aromatic N) is 3. The Bertz CT molecular complexity index is 751. The predicted molar refractivity (Wildman–Crippen MR) is 70.8 cm³/mol. The van der Waals surface area contributed by atoms with Crippen LogP contribution in [0, 0.1) is 11.3 Å². The summed E-state index contributed by atoms with van der Waals surface area (Å²) in [6, 6.07) is 13.3. The highest BCUT2D eigenvalue weighted by atomic mass is 35.5. The van der Waals surface area contributed by atoms with Crippen molar-refractivity contribution < 1.29 is 0 Å². The van der Waals surface area contributed by atoms with Gasteiger partial charge >= 0.3 is 0 Å². The summed E-state index contributed by atoms with van der Waals surface area (Å²) in [5.74, 6) is 0. The smallest absolute Gasteiger partial charge is 0.145 e. The van der Waals surface area contributed by atoms with Crippen LogP contribution in [0.1, 0.15) is 5.56 Å². The van der Waals surface area contributed by atoms with Gasteiger partial charge in [-0.05, 0) is 36.4 Å². The number of fused-ring (bicyclic) bond motifs is 1. The fourth-order valence-corrected chi connectivity index (χ4v) is 2.07. The standard InChI is InChI=1S/C14H8ClN3/c15-11-3-5-12(6-4-11)18-9-10(8-16)13-2-1-7-17-14(13)18/h1-7,9H. The van der Waals surface area contributed by atoms with Gasteiger partial charge < -0.3 is 0 Å². The number of aromatic nitrogens is 2. The molecule has 4 heteroatoms. The zero-order valence-corrected chi connectivity index (χ0v) is 10.1. The summed E-state index contributed by atoms with van der Waals surface area (Å²) in [5, 5.41) is 10.7. The highest BCUT2D eigenvalue weighted by molar-refractivity contribution is 6.30. The Morgan fingerprint density at radius 1 is 1.17 bits per heavy atom. The molecule has 0 aliphatic heterocycles. The number of halogens is 1. The molecule has 0 saturated heterocycles. The molecule has 0 saturated carbocycles. The van der Waals surface area contributed by atoms with E-state index in [2.05, 4.69) is 11.1 Å². The van der Waals surface area contributed by atoms with E-state index in [1.54, 1.807) is 12.4 Å². The first-order chi connectivity index (χ1) is 8.79. The minimum absolute atomic E-state index is 0.619. The van der Waals surface area contributed by atoms with Crippen LogP contribution in [0.3, 0.4) is 0 Å². The van der Waals surface area contributed by atoms with Crippen LogP contribution in [0.25, 0.3) is 16.7 Å². The van der Waals surface area contributed by atoms with Crippen LogP contribution in [-0.2, 0) is 0 Å². The third-order valence-electron chi connectivity index (χ3n) is 2.79. The Morgan fingerprint density at radius 3 is 2.67 bits per heavy atom. The minimum atomic E-state index is 0.619. The van der Waals surface area contributed by atoms with Gasteiger partial charge in [0.2, 0.25) is 0 Å². The first kappa shape index (κ1) is 10.8. The van der Waals surface area contributed by atoms with Gasteiger partial charge in [0.05, 0.1) is 5.56 Å².